The molecule has 0 aliphatic carbocycles. The number of carbonyl (C=O) groups is 1. The summed E-state index contributed by atoms with van der Waals surface area (Å²) in [5.41, 5.74) is 2.52. The second kappa shape index (κ2) is 7.17. The molecule has 134 valence electrons. The first-order valence-corrected chi connectivity index (χ1v) is 8.88. The number of carbonyl (C=O) groups excluding carboxylic acids is 1. The normalized spacial score (nSPS) is 17.0. The molecule has 26 heavy (non-hydrogen) atoms. The fourth-order valence-electron chi connectivity index (χ4n) is 3.57. The van der Waals surface area contributed by atoms with Crippen LogP contribution >= 0.6 is 0 Å². The number of hydrogen-bond acceptors (Lipinski definition) is 4. The molecule has 0 radical (unpaired) electrons. The van der Waals surface area contributed by atoms with Crippen LogP contribution in [-0.4, -0.2) is 33.6 Å². The van der Waals surface area contributed by atoms with E-state index in [1.807, 2.05) is 6.07 Å². The number of nitrogens with one attached hydrogen (secondary N) is 1. The lowest BCUT2D eigenvalue weighted by Crippen LogP contribution is -2.39. The average molecular weight is 350 g/mol. The van der Waals surface area contributed by atoms with Crippen LogP contribution in [0.25, 0.3) is 0 Å². The van der Waals surface area contributed by atoms with Gasteiger partial charge in [0.05, 0.1) is 6.04 Å². The fourth-order valence-corrected chi connectivity index (χ4v) is 3.57. The molecule has 1 aromatic carbocycles. The van der Waals surface area contributed by atoms with Gasteiger partial charge in [0.1, 0.15) is 5.76 Å². The monoisotopic (exact) mass is 350 g/mol. The lowest BCUT2D eigenvalue weighted by molar-refractivity contribution is -0.116. The Kier molecular flexibility index (Phi) is 4.58. The third-order valence-electron chi connectivity index (χ3n) is 4.77. The minimum absolute atomic E-state index is 0.0499. The molecule has 1 aliphatic heterocycles. The highest BCUT2D eigenvalue weighted by Crippen LogP contribution is 2.32. The van der Waals surface area contributed by atoms with Gasteiger partial charge in [-0.15, -0.1) is 0 Å². The minimum atomic E-state index is -0.0499. The Hall–Kier alpha value is -2.86. The standard InChI is InChI=1S/C20H22N4O2/c1-15-14-18(22-26-15)21-19(25)9-11-24-13-12-23-10-5-8-17(23)20(24)16-6-3-2-4-7-16/h2-8,10,14,20H,9,11-13H2,1H3,(H,21,22,25). The third kappa shape index (κ3) is 3.41. The lowest BCUT2D eigenvalue weighted by atomic mass is 10.00. The number of amides is 1. The van der Waals surface area contributed by atoms with Gasteiger partial charge in [-0.05, 0) is 24.6 Å². The maximum atomic E-state index is 12.3. The smallest absolute Gasteiger partial charge is 0.226 e. The molecule has 1 amide bonds. The molecule has 6 nitrogen and oxygen atoms in total. The zero-order chi connectivity index (χ0) is 17.9. The van der Waals surface area contributed by atoms with Crippen LogP contribution in [0.2, 0.25) is 0 Å². The van der Waals surface area contributed by atoms with Crippen LogP contribution in [0.1, 0.15) is 29.5 Å². The summed E-state index contributed by atoms with van der Waals surface area (Å²) in [4.78, 5) is 14.7. The first-order valence-electron chi connectivity index (χ1n) is 8.88. The number of hydrogen-bond donors (Lipinski definition) is 1. The SMILES string of the molecule is Cc1cc(NC(=O)CCN2CCn3cccc3C2c2ccccc2)no1. The minimum Gasteiger partial charge on any atom is -0.360 e. The van der Waals surface area contributed by atoms with Gasteiger partial charge in [-0.2, -0.15) is 0 Å². The van der Waals surface area contributed by atoms with Crippen molar-refractivity contribution < 1.29 is 9.32 Å². The van der Waals surface area contributed by atoms with Crippen molar-refractivity contribution in [1.82, 2.24) is 14.6 Å². The molecular weight excluding hydrogens is 328 g/mol. The Bertz CT molecular complexity index is 884. The summed E-state index contributed by atoms with van der Waals surface area (Å²) in [5.74, 6) is 1.10. The Morgan fingerprint density at radius 2 is 2.08 bits per heavy atom. The topological polar surface area (TPSA) is 63.3 Å². The van der Waals surface area contributed by atoms with Gasteiger partial charge in [0.15, 0.2) is 5.82 Å². The molecule has 1 unspecified atom stereocenters. The Labute approximate surface area is 152 Å². The quantitative estimate of drug-likeness (QED) is 0.767. The molecular formula is C20H22N4O2. The zero-order valence-corrected chi connectivity index (χ0v) is 14.8. The summed E-state index contributed by atoms with van der Waals surface area (Å²) in [7, 11) is 0. The van der Waals surface area contributed by atoms with Crippen LogP contribution in [0, 0.1) is 6.92 Å². The third-order valence-corrected chi connectivity index (χ3v) is 4.77. The van der Waals surface area contributed by atoms with Crippen molar-refractivity contribution in [1.29, 1.82) is 0 Å². The summed E-state index contributed by atoms with van der Waals surface area (Å²) >= 11 is 0. The van der Waals surface area contributed by atoms with E-state index in [4.69, 9.17) is 4.52 Å². The van der Waals surface area contributed by atoms with Crippen molar-refractivity contribution in [3.8, 4) is 0 Å². The van der Waals surface area contributed by atoms with Crippen LogP contribution in [0.5, 0.6) is 0 Å². The molecule has 1 N–H and O–H groups in total. The molecule has 6 heteroatoms. The van der Waals surface area contributed by atoms with Gasteiger partial charge in [-0.25, -0.2) is 0 Å². The number of aromatic nitrogens is 2. The number of rotatable bonds is 5. The van der Waals surface area contributed by atoms with Crippen LogP contribution in [0.15, 0.2) is 59.3 Å². The van der Waals surface area contributed by atoms with Gasteiger partial charge in [-0.3, -0.25) is 9.69 Å². The summed E-state index contributed by atoms with van der Waals surface area (Å²) in [6.45, 7) is 4.34. The van der Waals surface area contributed by atoms with E-state index >= 15 is 0 Å². The molecule has 1 aliphatic rings. The van der Waals surface area contributed by atoms with Crippen molar-refractivity contribution in [3.05, 3.63) is 71.7 Å². The van der Waals surface area contributed by atoms with Crippen LogP contribution < -0.4 is 5.32 Å². The van der Waals surface area contributed by atoms with Crippen LogP contribution in [0.3, 0.4) is 0 Å². The van der Waals surface area contributed by atoms with E-state index in [0.29, 0.717) is 24.5 Å². The van der Waals surface area contributed by atoms with Crippen molar-refractivity contribution >= 4 is 11.7 Å². The Balaban J connectivity index is 1.47. The molecule has 0 fully saturated rings. The largest absolute Gasteiger partial charge is 0.360 e. The zero-order valence-electron chi connectivity index (χ0n) is 14.8. The Morgan fingerprint density at radius 3 is 2.85 bits per heavy atom. The van der Waals surface area contributed by atoms with E-state index in [2.05, 4.69) is 62.5 Å². The predicted octanol–water partition coefficient (Wildman–Crippen LogP) is 3.22. The van der Waals surface area contributed by atoms with Crippen molar-refractivity contribution in [2.24, 2.45) is 0 Å². The number of benzene rings is 1. The molecule has 4 rings (SSSR count). The first-order chi connectivity index (χ1) is 12.7. The second-order valence-electron chi connectivity index (χ2n) is 6.60. The molecule has 2 aromatic heterocycles. The maximum Gasteiger partial charge on any atom is 0.226 e. The average Bonchev–Trinajstić information content (AvgIpc) is 3.29. The van der Waals surface area contributed by atoms with Gasteiger partial charge >= 0.3 is 0 Å². The van der Waals surface area contributed by atoms with E-state index in [1.54, 1.807) is 13.0 Å². The van der Waals surface area contributed by atoms with E-state index in [9.17, 15) is 4.79 Å². The molecule has 0 saturated carbocycles. The summed E-state index contributed by atoms with van der Waals surface area (Å²) in [6, 6.07) is 16.6. The van der Waals surface area contributed by atoms with Gasteiger partial charge in [0.2, 0.25) is 5.91 Å². The number of nitrogens with zero attached hydrogens (tertiary/aromatic N) is 3. The predicted molar refractivity (Wildman–Crippen MR) is 98.8 cm³/mol. The highest BCUT2D eigenvalue weighted by atomic mass is 16.5. The summed E-state index contributed by atoms with van der Waals surface area (Å²) < 4.78 is 7.29. The van der Waals surface area contributed by atoms with E-state index < -0.39 is 0 Å². The van der Waals surface area contributed by atoms with Crippen molar-refractivity contribution in [3.63, 3.8) is 0 Å². The highest BCUT2D eigenvalue weighted by molar-refractivity contribution is 5.89. The second-order valence-corrected chi connectivity index (χ2v) is 6.60. The fraction of sp³-hybridized carbons (Fsp3) is 0.300. The molecule has 0 bridgehead atoms. The number of aryl methyl sites for hydroxylation is 1. The summed E-state index contributed by atoms with van der Waals surface area (Å²) in [6.07, 6.45) is 2.54. The number of fused-ring (bicyclic) bond motifs is 1. The van der Waals surface area contributed by atoms with Gasteiger partial charge in [0.25, 0.3) is 0 Å². The van der Waals surface area contributed by atoms with E-state index in [0.717, 1.165) is 13.1 Å². The molecule has 3 aromatic rings. The van der Waals surface area contributed by atoms with Gasteiger partial charge in [0, 0.05) is 44.0 Å². The molecule has 3 heterocycles. The van der Waals surface area contributed by atoms with Crippen molar-refractivity contribution in [2.45, 2.75) is 25.9 Å². The lowest BCUT2D eigenvalue weighted by Gasteiger charge is -2.37. The van der Waals surface area contributed by atoms with Gasteiger partial charge < -0.3 is 14.4 Å². The maximum absolute atomic E-state index is 12.3. The first kappa shape index (κ1) is 16.6. The summed E-state index contributed by atoms with van der Waals surface area (Å²) in [5, 5.41) is 6.61. The molecule has 0 saturated heterocycles. The van der Waals surface area contributed by atoms with Crippen LogP contribution in [-0.2, 0) is 11.3 Å². The molecule has 1 atom stereocenters. The number of anilines is 1. The highest BCUT2D eigenvalue weighted by Gasteiger charge is 2.28. The molecule has 0 spiro atoms. The van der Waals surface area contributed by atoms with Gasteiger partial charge in [-0.1, -0.05) is 35.5 Å². The Morgan fingerprint density at radius 1 is 1.23 bits per heavy atom. The van der Waals surface area contributed by atoms with E-state index in [-0.39, 0.29) is 11.9 Å². The van der Waals surface area contributed by atoms with E-state index in [1.165, 1.54) is 11.3 Å². The van der Waals surface area contributed by atoms with Crippen LogP contribution in [0.4, 0.5) is 5.82 Å². The van der Waals surface area contributed by atoms with Crippen molar-refractivity contribution in [2.75, 3.05) is 18.4 Å².